The molecule has 2 aromatic rings. The first-order chi connectivity index (χ1) is 13.9. The van der Waals surface area contributed by atoms with Crippen LogP contribution < -0.4 is 0 Å². The number of hydrogen-bond donors (Lipinski definition) is 0. The van der Waals surface area contributed by atoms with Gasteiger partial charge in [-0.1, -0.05) is 51.8 Å². The summed E-state index contributed by atoms with van der Waals surface area (Å²) in [5.74, 6) is 0.00493. The second kappa shape index (κ2) is 8.38. The van der Waals surface area contributed by atoms with Crippen molar-refractivity contribution in [1.29, 1.82) is 0 Å². The highest BCUT2D eigenvalue weighted by Crippen LogP contribution is 2.31. The van der Waals surface area contributed by atoms with Gasteiger partial charge in [-0.15, -0.1) is 0 Å². The minimum Gasteiger partial charge on any atom is -0.338 e. The zero-order valence-electron chi connectivity index (χ0n) is 15.9. The molecule has 1 amide bonds. The molecule has 0 aromatic heterocycles. The molecule has 2 aliphatic rings. The molecule has 8 heteroatoms. The lowest BCUT2D eigenvalue weighted by molar-refractivity contribution is -0.137. The fourth-order valence-corrected chi connectivity index (χ4v) is 6.59. The zero-order chi connectivity index (χ0) is 20.6. The standard InChI is InChI=1S/C21H22BrClN2O3S/c22-18-5-6-20(19(23)13-18)29(27,28)25-11-8-16(9-12-25)21(26)24-10-7-15-3-1-2-4-17(15)14-24/h1-6,13,16H,7-12,14H2. The predicted octanol–water partition coefficient (Wildman–Crippen LogP) is 4.09. The molecule has 2 heterocycles. The Morgan fingerprint density at radius 2 is 1.72 bits per heavy atom. The molecule has 0 radical (unpaired) electrons. The highest BCUT2D eigenvalue weighted by Gasteiger charge is 2.35. The van der Waals surface area contributed by atoms with E-state index >= 15 is 0 Å². The first kappa shape index (κ1) is 20.8. The van der Waals surface area contributed by atoms with Crippen LogP contribution in [0.4, 0.5) is 0 Å². The van der Waals surface area contributed by atoms with Crippen molar-refractivity contribution < 1.29 is 13.2 Å². The van der Waals surface area contributed by atoms with Crippen molar-refractivity contribution in [3.05, 3.63) is 63.1 Å². The number of benzene rings is 2. The molecule has 2 aliphatic heterocycles. The molecule has 0 saturated carbocycles. The van der Waals surface area contributed by atoms with Crippen molar-refractivity contribution in [1.82, 2.24) is 9.21 Å². The maximum Gasteiger partial charge on any atom is 0.244 e. The van der Waals surface area contributed by atoms with Gasteiger partial charge in [-0.25, -0.2) is 8.42 Å². The lowest BCUT2D eigenvalue weighted by atomic mass is 9.94. The molecule has 0 spiro atoms. The molecule has 1 fully saturated rings. The van der Waals surface area contributed by atoms with Crippen molar-refractivity contribution in [2.75, 3.05) is 19.6 Å². The number of piperidine rings is 1. The smallest absolute Gasteiger partial charge is 0.244 e. The number of carbonyl (C=O) groups is 1. The molecule has 2 aromatic carbocycles. The summed E-state index contributed by atoms with van der Waals surface area (Å²) in [5.41, 5.74) is 2.51. The topological polar surface area (TPSA) is 57.7 Å². The molecule has 0 bridgehead atoms. The second-order valence-corrected chi connectivity index (χ2v) is 10.8. The number of carbonyl (C=O) groups excluding carboxylic acids is 1. The van der Waals surface area contributed by atoms with Gasteiger partial charge in [0.2, 0.25) is 15.9 Å². The number of sulfonamides is 1. The van der Waals surface area contributed by atoms with E-state index in [0.717, 1.165) is 17.4 Å². The predicted molar refractivity (Wildman–Crippen MR) is 116 cm³/mol. The summed E-state index contributed by atoms with van der Waals surface area (Å²) in [7, 11) is -3.67. The molecule has 0 unspecified atom stereocenters. The molecule has 0 N–H and O–H groups in total. The minimum absolute atomic E-state index is 0.111. The summed E-state index contributed by atoms with van der Waals surface area (Å²) < 4.78 is 28.1. The van der Waals surface area contributed by atoms with Gasteiger partial charge < -0.3 is 4.90 Å². The van der Waals surface area contributed by atoms with Crippen LogP contribution in [0.25, 0.3) is 0 Å². The van der Waals surface area contributed by atoms with E-state index in [1.54, 1.807) is 12.1 Å². The summed E-state index contributed by atoms with van der Waals surface area (Å²) in [6.07, 6.45) is 1.94. The highest BCUT2D eigenvalue weighted by molar-refractivity contribution is 9.10. The largest absolute Gasteiger partial charge is 0.338 e. The lowest BCUT2D eigenvalue weighted by Crippen LogP contribution is -2.45. The Kier molecular flexibility index (Phi) is 6.02. The third-order valence-corrected chi connectivity index (χ3v) is 8.63. The van der Waals surface area contributed by atoms with Crippen LogP contribution in [-0.2, 0) is 27.8 Å². The number of hydrogen-bond acceptors (Lipinski definition) is 3. The van der Waals surface area contributed by atoms with Crippen molar-refractivity contribution in [3.8, 4) is 0 Å². The van der Waals surface area contributed by atoms with Crippen LogP contribution >= 0.6 is 27.5 Å². The molecular weight excluding hydrogens is 476 g/mol. The molecule has 1 saturated heterocycles. The van der Waals surface area contributed by atoms with Crippen LogP contribution in [0.15, 0.2) is 51.8 Å². The maximum absolute atomic E-state index is 13.0. The normalized spacial score (nSPS) is 18.5. The third kappa shape index (κ3) is 4.24. The highest BCUT2D eigenvalue weighted by atomic mass is 79.9. The second-order valence-electron chi connectivity index (χ2n) is 7.53. The number of halogens is 2. The Labute approximate surface area is 184 Å². The van der Waals surface area contributed by atoms with Gasteiger partial charge >= 0.3 is 0 Å². The first-order valence-corrected chi connectivity index (χ1v) is 12.3. The third-order valence-electron chi connectivity index (χ3n) is 5.76. The summed E-state index contributed by atoms with van der Waals surface area (Å²) in [4.78, 5) is 15.0. The van der Waals surface area contributed by atoms with Gasteiger partial charge in [0, 0.05) is 36.6 Å². The summed E-state index contributed by atoms with van der Waals surface area (Å²) in [6, 6.07) is 13.0. The van der Waals surface area contributed by atoms with Crippen LogP contribution in [-0.4, -0.2) is 43.2 Å². The Hall–Kier alpha value is -1.41. The van der Waals surface area contributed by atoms with Crippen LogP contribution in [0.2, 0.25) is 5.02 Å². The minimum atomic E-state index is -3.67. The monoisotopic (exact) mass is 496 g/mol. The number of fused-ring (bicyclic) bond motifs is 1. The van der Waals surface area contributed by atoms with Crippen LogP contribution in [0.1, 0.15) is 24.0 Å². The SMILES string of the molecule is O=C(C1CCN(S(=O)(=O)c2ccc(Br)cc2Cl)CC1)N1CCc2ccccc2C1. The Balaban J connectivity index is 1.41. The van der Waals surface area contributed by atoms with Gasteiger partial charge in [-0.2, -0.15) is 4.31 Å². The van der Waals surface area contributed by atoms with Gasteiger partial charge in [0.15, 0.2) is 0 Å². The summed E-state index contributed by atoms with van der Waals surface area (Å²) in [5, 5.41) is 0.199. The maximum atomic E-state index is 13.0. The molecule has 0 aliphatic carbocycles. The zero-order valence-corrected chi connectivity index (χ0v) is 19.0. The van der Waals surface area contributed by atoms with Gasteiger partial charge in [-0.3, -0.25) is 4.79 Å². The first-order valence-electron chi connectivity index (χ1n) is 9.67. The molecule has 29 heavy (non-hydrogen) atoms. The molecule has 5 nitrogen and oxygen atoms in total. The van der Waals surface area contributed by atoms with Gasteiger partial charge in [-0.05, 0) is 48.6 Å². The Morgan fingerprint density at radius 3 is 2.41 bits per heavy atom. The van der Waals surface area contributed by atoms with E-state index in [0.29, 0.717) is 32.5 Å². The number of nitrogens with zero attached hydrogens (tertiary/aromatic N) is 2. The van der Waals surface area contributed by atoms with E-state index in [9.17, 15) is 13.2 Å². The number of rotatable bonds is 3. The molecule has 4 rings (SSSR count). The van der Waals surface area contributed by atoms with E-state index in [1.807, 2.05) is 17.0 Å². The van der Waals surface area contributed by atoms with Crippen LogP contribution in [0, 0.1) is 5.92 Å². The van der Waals surface area contributed by atoms with E-state index in [2.05, 4.69) is 28.1 Å². The summed E-state index contributed by atoms with van der Waals surface area (Å²) >= 11 is 9.45. The van der Waals surface area contributed by atoms with E-state index in [1.165, 1.54) is 21.5 Å². The Morgan fingerprint density at radius 1 is 1.03 bits per heavy atom. The quantitative estimate of drug-likeness (QED) is 0.642. The van der Waals surface area contributed by atoms with Crippen molar-refractivity contribution in [3.63, 3.8) is 0 Å². The van der Waals surface area contributed by atoms with Gasteiger partial charge in [0.05, 0.1) is 5.02 Å². The summed E-state index contributed by atoms with van der Waals surface area (Å²) in [6.45, 7) is 2.02. The lowest BCUT2D eigenvalue weighted by Gasteiger charge is -2.35. The number of amides is 1. The average molecular weight is 498 g/mol. The fourth-order valence-electron chi connectivity index (χ4n) is 4.11. The molecule has 154 valence electrons. The van der Waals surface area contributed by atoms with Gasteiger partial charge in [0.25, 0.3) is 0 Å². The van der Waals surface area contributed by atoms with E-state index < -0.39 is 10.0 Å². The van der Waals surface area contributed by atoms with Crippen LogP contribution in [0.3, 0.4) is 0 Å². The van der Waals surface area contributed by atoms with E-state index in [-0.39, 0.29) is 21.7 Å². The fraction of sp³-hybridized carbons (Fsp3) is 0.381. The average Bonchev–Trinajstić information content (AvgIpc) is 2.72. The van der Waals surface area contributed by atoms with Crippen molar-refractivity contribution >= 4 is 43.5 Å². The molecular formula is C21H22BrClN2O3S. The molecule has 0 atom stereocenters. The van der Waals surface area contributed by atoms with E-state index in [4.69, 9.17) is 11.6 Å². The van der Waals surface area contributed by atoms with Crippen molar-refractivity contribution in [2.45, 2.75) is 30.7 Å². The van der Waals surface area contributed by atoms with Gasteiger partial charge in [0.1, 0.15) is 4.90 Å². The Bertz CT molecular complexity index is 1040. The van der Waals surface area contributed by atoms with Crippen LogP contribution in [0.5, 0.6) is 0 Å². The van der Waals surface area contributed by atoms with Crippen molar-refractivity contribution in [2.24, 2.45) is 5.92 Å².